The molecule has 0 bridgehead atoms. The number of aromatic nitrogens is 2. The van der Waals surface area contributed by atoms with Gasteiger partial charge in [-0.15, -0.1) is 0 Å². The molecule has 0 unspecified atom stereocenters. The van der Waals surface area contributed by atoms with Crippen LogP contribution >= 0.6 is 0 Å². The molecule has 0 spiro atoms. The first kappa shape index (κ1) is 9.24. The van der Waals surface area contributed by atoms with Gasteiger partial charge in [0, 0.05) is 19.2 Å². The van der Waals surface area contributed by atoms with Crippen molar-refractivity contribution in [3.63, 3.8) is 0 Å². The normalized spacial score (nSPS) is 19.5. The molecule has 0 fully saturated rings. The van der Waals surface area contributed by atoms with Crippen molar-refractivity contribution in [2.45, 2.75) is 26.7 Å². The number of nitrogens with zero attached hydrogens (tertiary/aromatic N) is 1. The summed E-state index contributed by atoms with van der Waals surface area (Å²) in [4.78, 5) is 25.8. The molecule has 0 aliphatic heterocycles. The molecule has 0 saturated heterocycles. The molecule has 1 heterocycles. The molecule has 0 saturated carbocycles. The Labute approximate surface area is 81.9 Å². The highest BCUT2D eigenvalue weighted by Gasteiger charge is 2.33. The topological polar surface area (TPSA) is 54.9 Å². The van der Waals surface area contributed by atoms with Crippen LogP contribution < -0.4 is 5.69 Å². The van der Waals surface area contributed by atoms with Gasteiger partial charge in [-0.2, -0.15) is 0 Å². The van der Waals surface area contributed by atoms with Crippen LogP contribution in [0.25, 0.3) is 0 Å². The lowest BCUT2D eigenvalue weighted by Crippen LogP contribution is -2.28. The van der Waals surface area contributed by atoms with E-state index in [-0.39, 0.29) is 16.9 Å². The van der Waals surface area contributed by atoms with Gasteiger partial charge in [-0.05, 0) is 11.8 Å². The Morgan fingerprint density at radius 3 is 2.57 bits per heavy atom. The van der Waals surface area contributed by atoms with Crippen molar-refractivity contribution in [2.75, 3.05) is 0 Å². The van der Waals surface area contributed by atoms with Gasteiger partial charge in [0.1, 0.15) is 5.69 Å². The maximum atomic E-state index is 11.8. The van der Waals surface area contributed by atoms with E-state index in [0.717, 1.165) is 12.1 Å². The van der Waals surface area contributed by atoms with Crippen LogP contribution in [-0.2, 0) is 13.5 Å². The van der Waals surface area contributed by atoms with Crippen molar-refractivity contribution in [3.05, 3.63) is 21.9 Å². The molecule has 14 heavy (non-hydrogen) atoms. The quantitative estimate of drug-likeness (QED) is 0.666. The summed E-state index contributed by atoms with van der Waals surface area (Å²) in [5.74, 6) is 0.0668. The average Bonchev–Trinajstić information content (AvgIpc) is 2.24. The summed E-state index contributed by atoms with van der Waals surface area (Å²) in [7, 11) is 1.63. The van der Waals surface area contributed by atoms with E-state index in [1.54, 1.807) is 7.05 Å². The second-order valence-electron chi connectivity index (χ2n) is 4.76. The molecule has 1 aromatic rings. The average molecular weight is 194 g/mol. The summed E-state index contributed by atoms with van der Waals surface area (Å²) < 4.78 is 1.41. The number of H-pyrrole nitrogens is 1. The Hall–Kier alpha value is -1.32. The Morgan fingerprint density at radius 1 is 1.29 bits per heavy atom. The van der Waals surface area contributed by atoms with Crippen molar-refractivity contribution in [1.82, 2.24) is 9.55 Å². The van der Waals surface area contributed by atoms with Crippen molar-refractivity contribution in [1.29, 1.82) is 0 Å². The fourth-order valence-electron chi connectivity index (χ4n) is 2.12. The minimum atomic E-state index is -0.193. The third-order valence-electron chi connectivity index (χ3n) is 2.74. The van der Waals surface area contributed by atoms with Crippen LogP contribution in [0.4, 0.5) is 0 Å². The number of imidazole rings is 1. The molecule has 1 N–H and O–H groups in total. The predicted octanol–water partition coefficient (Wildman–Crippen LogP) is 0.869. The van der Waals surface area contributed by atoms with Gasteiger partial charge in [-0.3, -0.25) is 9.36 Å². The summed E-state index contributed by atoms with van der Waals surface area (Å²) in [6.45, 7) is 4.08. The van der Waals surface area contributed by atoms with Gasteiger partial charge < -0.3 is 4.98 Å². The van der Waals surface area contributed by atoms with Crippen molar-refractivity contribution in [2.24, 2.45) is 12.5 Å². The van der Waals surface area contributed by atoms with Crippen molar-refractivity contribution >= 4 is 5.78 Å². The van der Waals surface area contributed by atoms with Crippen LogP contribution in [0.1, 0.15) is 36.5 Å². The zero-order valence-corrected chi connectivity index (χ0v) is 8.68. The third-order valence-corrected chi connectivity index (χ3v) is 2.74. The number of hydrogen-bond donors (Lipinski definition) is 1. The lowest BCUT2D eigenvalue weighted by atomic mass is 9.77. The highest BCUT2D eigenvalue weighted by molar-refractivity contribution is 5.97. The van der Waals surface area contributed by atoms with E-state index >= 15 is 0 Å². The van der Waals surface area contributed by atoms with Crippen molar-refractivity contribution < 1.29 is 4.79 Å². The molecule has 4 heteroatoms. The first-order valence-corrected chi connectivity index (χ1v) is 4.72. The number of hydrogen-bond acceptors (Lipinski definition) is 2. The smallest absolute Gasteiger partial charge is 0.309 e. The first-order chi connectivity index (χ1) is 6.41. The zero-order chi connectivity index (χ0) is 10.5. The highest BCUT2D eigenvalue weighted by Crippen LogP contribution is 2.32. The van der Waals surface area contributed by atoms with E-state index in [9.17, 15) is 9.59 Å². The highest BCUT2D eigenvalue weighted by atomic mass is 16.2. The molecule has 0 radical (unpaired) electrons. The summed E-state index contributed by atoms with van der Waals surface area (Å²) in [5, 5.41) is 0. The second-order valence-corrected chi connectivity index (χ2v) is 4.76. The Bertz CT molecular complexity index is 451. The summed E-state index contributed by atoms with van der Waals surface area (Å²) in [5.41, 5.74) is 1.13. The van der Waals surface area contributed by atoms with E-state index in [1.165, 1.54) is 4.57 Å². The van der Waals surface area contributed by atoms with Crippen LogP contribution in [0.5, 0.6) is 0 Å². The maximum Gasteiger partial charge on any atom is 0.326 e. The SMILES string of the molecule is Cn1c2c([nH]c1=O)CC(C)(C)CC2=O. The van der Waals surface area contributed by atoms with Gasteiger partial charge in [0.2, 0.25) is 0 Å². The Morgan fingerprint density at radius 2 is 1.93 bits per heavy atom. The predicted molar refractivity (Wildman–Crippen MR) is 52.5 cm³/mol. The Kier molecular flexibility index (Phi) is 1.71. The number of ketones is 1. The molecule has 0 amide bonds. The molecule has 1 aliphatic carbocycles. The fraction of sp³-hybridized carbons (Fsp3) is 0.600. The summed E-state index contributed by atoms with van der Waals surface area (Å²) in [6.07, 6.45) is 1.29. The maximum absolute atomic E-state index is 11.8. The third kappa shape index (κ3) is 1.22. The van der Waals surface area contributed by atoms with E-state index < -0.39 is 0 Å². The van der Waals surface area contributed by atoms with Gasteiger partial charge >= 0.3 is 5.69 Å². The molecule has 1 aliphatic rings. The van der Waals surface area contributed by atoms with Crippen LogP contribution in [-0.4, -0.2) is 15.3 Å². The number of Topliss-reactive ketones (excluding diaryl/α,β-unsaturated/α-hetero) is 1. The van der Waals surface area contributed by atoms with Gasteiger partial charge in [0.15, 0.2) is 5.78 Å². The minimum absolute atomic E-state index is 0.0334. The van der Waals surface area contributed by atoms with E-state index in [1.807, 2.05) is 13.8 Å². The molecule has 76 valence electrons. The minimum Gasteiger partial charge on any atom is -0.309 e. The molecule has 2 rings (SSSR count). The molecular formula is C10H14N2O2. The number of fused-ring (bicyclic) bond motifs is 1. The number of rotatable bonds is 0. The molecule has 4 nitrogen and oxygen atoms in total. The van der Waals surface area contributed by atoms with Crippen molar-refractivity contribution in [3.8, 4) is 0 Å². The molecule has 0 aromatic carbocycles. The molecular weight excluding hydrogens is 180 g/mol. The van der Waals surface area contributed by atoms with Crippen LogP contribution in [0.2, 0.25) is 0 Å². The van der Waals surface area contributed by atoms with Gasteiger partial charge in [0.05, 0.1) is 0 Å². The van der Waals surface area contributed by atoms with Crippen LogP contribution in [0, 0.1) is 5.41 Å². The van der Waals surface area contributed by atoms with Gasteiger partial charge in [-0.25, -0.2) is 4.79 Å². The zero-order valence-electron chi connectivity index (χ0n) is 8.68. The number of aromatic amines is 1. The number of nitrogens with one attached hydrogen (secondary N) is 1. The molecule has 0 atom stereocenters. The lowest BCUT2D eigenvalue weighted by Gasteiger charge is -2.27. The Balaban J connectivity index is 2.62. The monoisotopic (exact) mass is 194 g/mol. The summed E-state index contributed by atoms with van der Waals surface area (Å²) >= 11 is 0. The number of carbonyl (C=O) groups excluding carboxylic acids is 1. The van der Waals surface area contributed by atoms with E-state index in [2.05, 4.69) is 4.98 Å². The lowest BCUT2D eigenvalue weighted by molar-refractivity contribution is 0.0902. The van der Waals surface area contributed by atoms with Gasteiger partial charge in [-0.1, -0.05) is 13.8 Å². The van der Waals surface area contributed by atoms with E-state index in [0.29, 0.717) is 12.1 Å². The number of carbonyl (C=O) groups is 1. The first-order valence-electron chi connectivity index (χ1n) is 4.72. The fourth-order valence-corrected chi connectivity index (χ4v) is 2.12. The van der Waals surface area contributed by atoms with E-state index in [4.69, 9.17) is 0 Å². The van der Waals surface area contributed by atoms with Crippen LogP contribution in [0.3, 0.4) is 0 Å². The summed E-state index contributed by atoms with van der Waals surface area (Å²) in [6, 6.07) is 0. The molecule has 1 aromatic heterocycles. The largest absolute Gasteiger partial charge is 0.326 e. The van der Waals surface area contributed by atoms with Gasteiger partial charge in [0.25, 0.3) is 0 Å². The second kappa shape index (κ2) is 2.59. The van der Waals surface area contributed by atoms with Crippen LogP contribution in [0.15, 0.2) is 4.79 Å². The standard InChI is InChI=1S/C10H14N2O2/c1-10(2)4-6-8(7(13)5-10)12(3)9(14)11-6/h4-5H2,1-3H3,(H,11,14).